The summed E-state index contributed by atoms with van der Waals surface area (Å²) in [5, 5.41) is 0. The summed E-state index contributed by atoms with van der Waals surface area (Å²) in [6.45, 7) is 8.27. The Kier molecular flexibility index (Phi) is 5.48. The van der Waals surface area contributed by atoms with Gasteiger partial charge in [0.05, 0.1) is 30.6 Å². The van der Waals surface area contributed by atoms with E-state index in [4.69, 9.17) is 19.9 Å². The highest BCUT2D eigenvalue weighted by atomic mass is 16.5. The molecule has 5 nitrogen and oxygen atoms in total. The summed E-state index contributed by atoms with van der Waals surface area (Å²) < 4.78 is 16.0. The number of anilines is 1. The molecule has 0 unspecified atom stereocenters. The van der Waals surface area contributed by atoms with Crippen molar-refractivity contribution in [2.45, 2.75) is 33.8 Å². The van der Waals surface area contributed by atoms with Crippen molar-refractivity contribution in [2.24, 2.45) is 0 Å². The van der Waals surface area contributed by atoms with Crippen LogP contribution in [0.3, 0.4) is 0 Å². The Morgan fingerprint density at radius 3 is 2.16 bits per heavy atom. The van der Waals surface area contributed by atoms with E-state index >= 15 is 0 Å². The summed E-state index contributed by atoms with van der Waals surface area (Å²) in [4.78, 5) is 11.9. The molecule has 0 aromatic heterocycles. The van der Waals surface area contributed by atoms with E-state index in [0.717, 1.165) is 0 Å². The fraction of sp³-hybridized carbons (Fsp3) is 0.500. The van der Waals surface area contributed by atoms with E-state index in [1.54, 1.807) is 26.0 Å². The Labute approximate surface area is 113 Å². The first-order valence-corrected chi connectivity index (χ1v) is 6.39. The summed E-state index contributed by atoms with van der Waals surface area (Å²) in [7, 11) is 0. The van der Waals surface area contributed by atoms with Crippen LogP contribution in [-0.2, 0) is 4.74 Å². The van der Waals surface area contributed by atoms with Crippen molar-refractivity contribution < 1.29 is 19.0 Å². The topological polar surface area (TPSA) is 70.8 Å². The predicted octanol–water partition coefficient (Wildman–Crippen LogP) is 2.63. The molecule has 19 heavy (non-hydrogen) atoms. The minimum Gasteiger partial charge on any atom is -0.490 e. The molecular formula is C14H21NO4. The van der Waals surface area contributed by atoms with E-state index in [0.29, 0.717) is 36.0 Å². The van der Waals surface area contributed by atoms with Crippen LogP contribution in [0.5, 0.6) is 11.5 Å². The van der Waals surface area contributed by atoms with Gasteiger partial charge in [-0.15, -0.1) is 0 Å². The number of carbonyl (C=O) groups is 1. The average Bonchev–Trinajstić information content (AvgIpc) is 2.31. The van der Waals surface area contributed by atoms with Gasteiger partial charge in [-0.3, -0.25) is 0 Å². The van der Waals surface area contributed by atoms with E-state index in [-0.39, 0.29) is 6.10 Å². The lowest BCUT2D eigenvalue weighted by atomic mass is 10.1. The van der Waals surface area contributed by atoms with Gasteiger partial charge >= 0.3 is 5.97 Å². The number of nitrogen functional groups attached to an aromatic ring is 1. The Hall–Kier alpha value is -1.91. The van der Waals surface area contributed by atoms with Crippen LogP contribution in [-0.4, -0.2) is 25.3 Å². The Morgan fingerprint density at radius 1 is 1.16 bits per heavy atom. The van der Waals surface area contributed by atoms with Crippen LogP contribution in [0.4, 0.5) is 5.69 Å². The van der Waals surface area contributed by atoms with Crippen LogP contribution < -0.4 is 15.2 Å². The van der Waals surface area contributed by atoms with Crippen LogP contribution in [0.2, 0.25) is 0 Å². The maximum atomic E-state index is 11.9. The molecule has 106 valence electrons. The number of rotatable bonds is 6. The van der Waals surface area contributed by atoms with Gasteiger partial charge in [-0.2, -0.15) is 0 Å². The van der Waals surface area contributed by atoms with Crippen molar-refractivity contribution >= 4 is 11.7 Å². The highest BCUT2D eigenvalue weighted by molar-refractivity contribution is 5.96. The molecular weight excluding hydrogens is 246 g/mol. The van der Waals surface area contributed by atoms with Crippen LogP contribution in [0.15, 0.2) is 12.1 Å². The Morgan fingerprint density at radius 2 is 1.68 bits per heavy atom. The molecule has 0 atom stereocenters. The van der Waals surface area contributed by atoms with Crippen molar-refractivity contribution in [3.63, 3.8) is 0 Å². The zero-order valence-electron chi connectivity index (χ0n) is 11.9. The lowest BCUT2D eigenvalue weighted by Crippen LogP contribution is -2.14. The van der Waals surface area contributed by atoms with Gasteiger partial charge in [-0.25, -0.2) is 4.79 Å². The lowest BCUT2D eigenvalue weighted by Gasteiger charge is -2.15. The summed E-state index contributed by atoms with van der Waals surface area (Å²) >= 11 is 0. The number of nitrogens with two attached hydrogens (primary N) is 1. The van der Waals surface area contributed by atoms with Gasteiger partial charge in [-0.05, 0) is 27.7 Å². The predicted molar refractivity (Wildman–Crippen MR) is 73.7 cm³/mol. The summed E-state index contributed by atoms with van der Waals surface area (Å²) in [5.74, 6) is 0.564. The van der Waals surface area contributed by atoms with Crippen LogP contribution in [0.25, 0.3) is 0 Å². The number of hydrogen-bond acceptors (Lipinski definition) is 5. The number of carbonyl (C=O) groups excluding carboxylic acids is 1. The summed E-state index contributed by atoms with van der Waals surface area (Å²) in [6.07, 6.45) is -0.200. The molecule has 0 bridgehead atoms. The Balaban J connectivity index is 3.12. The Bertz CT molecular complexity index is 443. The second-order valence-electron chi connectivity index (χ2n) is 4.21. The number of hydrogen-bond donors (Lipinski definition) is 1. The standard InChI is InChI=1S/C14H21NO4/c1-5-17-12-7-10(14(16)19-9(3)4)11(15)8-13(12)18-6-2/h7-9H,5-6,15H2,1-4H3. The summed E-state index contributed by atoms with van der Waals surface area (Å²) in [5.41, 5.74) is 6.47. The molecule has 0 heterocycles. The molecule has 0 aliphatic carbocycles. The van der Waals surface area contributed by atoms with E-state index in [1.165, 1.54) is 0 Å². The second-order valence-corrected chi connectivity index (χ2v) is 4.21. The average molecular weight is 267 g/mol. The van der Waals surface area contributed by atoms with Gasteiger partial charge in [-0.1, -0.05) is 0 Å². The van der Waals surface area contributed by atoms with Crippen molar-refractivity contribution in [1.82, 2.24) is 0 Å². The molecule has 5 heteroatoms. The normalized spacial score (nSPS) is 10.4. The van der Waals surface area contributed by atoms with E-state index < -0.39 is 5.97 Å². The maximum absolute atomic E-state index is 11.9. The molecule has 0 spiro atoms. The fourth-order valence-corrected chi connectivity index (χ4v) is 1.57. The minimum absolute atomic E-state index is 0.200. The van der Waals surface area contributed by atoms with E-state index in [2.05, 4.69) is 0 Å². The molecule has 2 N–H and O–H groups in total. The minimum atomic E-state index is -0.462. The quantitative estimate of drug-likeness (QED) is 0.633. The van der Waals surface area contributed by atoms with Gasteiger partial charge in [0.15, 0.2) is 11.5 Å². The highest BCUT2D eigenvalue weighted by Crippen LogP contribution is 2.33. The number of esters is 1. The SMILES string of the molecule is CCOc1cc(N)c(C(=O)OC(C)C)cc1OCC. The number of ether oxygens (including phenoxy) is 3. The third-order valence-electron chi connectivity index (χ3n) is 2.28. The maximum Gasteiger partial charge on any atom is 0.340 e. The molecule has 1 aromatic rings. The molecule has 0 saturated heterocycles. The second kappa shape index (κ2) is 6.87. The molecule has 0 radical (unpaired) electrons. The smallest absolute Gasteiger partial charge is 0.340 e. The van der Waals surface area contributed by atoms with Gasteiger partial charge in [0.1, 0.15) is 0 Å². The first kappa shape index (κ1) is 15.1. The number of benzene rings is 1. The molecule has 0 aliphatic heterocycles. The van der Waals surface area contributed by atoms with Crippen molar-refractivity contribution in [2.75, 3.05) is 18.9 Å². The zero-order chi connectivity index (χ0) is 14.4. The third-order valence-corrected chi connectivity index (χ3v) is 2.28. The zero-order valence-corrected chi connectivity index (χ0v) is 11.9. The first-order chi connectivity index (χ1) is 8.99. The van der Waals surface area contributed by atoms with Gasteiger partial charge in [0, 0.05) is 12.1 Å². The monoisotopic (exact) mass is 267 g/mol. The highest BCUT2D eigenvalue weighted by Gasteiger charge is 2.17. The molecule has 0 fully saturated rings. The molecule has 1 aromatic carbocycles. The van der Waals surface area contributed by atoms with Crippen LogP contribution in [0, 0.1) is 0 Å². The van der Waals surface area contributed by atoms with Crippen LogP contribution in [0.1, 0.15) is 38.1 Å². The van der Waals surface area contributed by atoms with Crippen LogP contribution >= 0.6 is 0 Å². The fourth-order valence-electron chi connectivity index (χ4n) is 1.57. The largest absolute Gasteiger partial charge is 0.490 e. The molecule has 0 aliphatic rings. The molecule has 0 saturated carbocycles. The van der Waals surface area contributed by atoms with Crippen molar-refractivity contribution in [1.29, 1.82) is 0 Å². The third kappa shape index (κ3) is 4.05. The van der Waals surface area contributed by atoms with Gasteiger partial charge in [0.2, 0.25) is 0 Å². The van der Waals surface area contributed by atoms with Gasteiger partial charge in [0.25, 0.3) is 0 Å². The van der Waals surface area contributed by atoms with Crippen molar-refractivity contribution in [3.8, 4) is 11.5 Å². The molecule has 1 rings (SSSR count). The summed E-state index contributed by atoms with van der Waals surface area (Å²) in [6, 6.07) is 3.15. The van der Waals surface area contributed by atoms with E-state index in [1.807, 2.05) is 13.8 Å². The van der Waals surface area contributed by atoms with Crippen molar-refractivity contribution in [3.05, 3.63) is 17.7 Å². The lowest BCUT2D eigenvalue weighted by molar-refractivity contribution is 0.0378. The van der Waals surface area contributed by atoms with Gasteiger partial charge < -0.3 is 19.9 Å². The molecule has 0 amide bonds. The first-order valence-electron chi connectivity index (χ1n) is 6.39. The van der Waals surface area contributed by atoms with E-state index in [9.17, 15) is 4.79 Å².